The van der Waals surface area contributed by atoms with Gasteiger partial charge in [-0.05, 0) is 30.5 Å². The van der Waals surface area contributed by atoms with Gasteiger partial charge in [-0.15, -0.1) is 22.7 Å². The lowest BCUT2D eigenvalue weighted by Gasteiger charge is -2.07. The van der Waals surface area contributed by atoms with Gasteiger partial charge in [0.2, 0.25) is 5.13 Å². The number of carbonyl (C=O) groups is 1. The Morgan fingerprint density at radius 2 is 2.04 bits per heavy atom. The number of anilines is 1. The molecule has 3 aromatic heterocycles. The van der Waals surface area contributed by atoms with Gasteiger partial charge in [0.15, 0.2) is 0 Å². The summed E-state index contributed by atoms with van der Waals surface area (Å²) >= 11 is 9.22. The van der Waals surface area contributed by atoms with E-state index >= 15 is 0 Å². The summed E-state index contributed by atoms with van der Waals surface area (Å²) in [6, 6.07) is 12.8. The molecule has 0 fully saturated rings. The summed E-state index contributed by atoms with van der Waals surface area (Å²) in [6.07, 6.45) is 0. The summed E-state index contributed by atoms with van der Waals surface area (Å²) in [6.45, 7) is 1.87. The second kappa shape index (κ2) is 7.03. The molecule has 130 valence electrons. The number of aryl methyl sites for hydroxylation is 1. The van der Waals surface area contributed by atoms with E-state index in [4.69, 9.17) is 11.6 Å². The molecule has 4 rings (SSSR count). The summed E-state index contributed by atoms with van der Waals surface area (Å²) < 4.78 is 1.64. The first-order valence-corrected chi connectivity index (χ1v) is 9.88. The molecule has 0 aliphatic carbocycles. The van der Waals surface area contributed by atoms with Crippen LogP contribution < -0.4 is 5.32 Å². The molecule has 0 aliphatic heterocycles. The maximum atomic E-state index is 12.6. The van der Waals surface area contributed by atoms with Crippen molar-refractivity contribution in [2.24, 2.45) is 0 Å². The number of halogens is 1. The van der Waals surface area contributed by atoms with Gasteiger partial charge in [-0.25, -0.2) is 4.98 Å². The highest BCUT2D eigenvalue weighted by Crippen LogP contribution is 2.29. The molecule has 8 heteroatoms. The van der Waals surface area contributed by atoms with Crippen LogP contribution in [0, 0.1) is 6.92 Å². The van der Waals surface area contributed by atoms with Crippen molar-refractivity contribution < 1.29 is 4.79 Å². The molecule has 1 aromatic carbocycles. The van der Waals surface area contributed by atoms with Crippen molar-refractivity contribution in [3.05, 3.63) is 69.5 Å². The summed E-state index contributed by atoms with van der Waals surface area (Å²) in [5.74, 6) is 0.270. The number of carbonyl (C=O) groups excluding carboxylic acids is 1. The van der Waals surface area contributed by atoms with Crippen molar-refractivity contribution in [2.75, 3.05) is 5.32 Å². The van der Waals surface area contributed by atoms with Crippen LogP contribution in [0.1, 0.15) is 16.1 Å². The van der Waals surface area contributed by atoms with E-state index < -0.39 is 0 Å². The molecule has 1 amide bonds. The highest BCUT2D eigenvalue weighted by Gasteiger charge is 2.16. The SMILES string of the molecule is Cc1cc(NC(=O)c2ccccc2Cl)n(-c2nc(-c3cccs3)cs2)n1. The zero-order valence-corrected chi connectivity index (χ0v) is 16.0. The monoisotopic (exact) mass is 400 g/mol. The third-order valence-electron chi connectivity index (χ3n) is 3.64. The van der Waals surface area contributed by atoms with Crippen molar-refractivity contribution >= 4 is 46.0 Å². The van der Waals surface area contributed by atoms with E-state index in [1.54, 1.807) is 46.4 Å². The Morgan fingerprint density at radius 3 is 2.81 bits per heavy atom. The van der Waals surface area contributed by atoms with Gasteiger partial charge in [0.05, 0.1) is 26.9 Å². The number of benzene rings is 1. The number of hydrogen-bond donors (Lipinski definition) is 1. The van der Waals surface area contributed by atoms with Crippen LogP contribution in [0.15, 0.2) is 53.2 Å². The second-order valence-electron chi connectivity index (χ2n) is 5.51. The lowest BCUT2D eigenvalue weighted by atomic mass is 10.2. The topological polar surface area (TPSA) is 59.8 Å². The van der Waals surface area contributed by atoms with Crippen LogP contribution >= 0.6 is 34.3 Å². The molecule has 0 unspecified atom stereocenters. The lowest BCUT2D eigenvalue weighted by Crippen LogP contribution is -2.15. The minimum atomic E-state index is -0.285. The molecule has 0 saturated heterocycles. The summed E-state index contributed by atoms with van der Waals surface area (Å²) in [7, 11) is 0. The number of nitrogens with zero attached hydrogens (tertiary/aromatic N) is 3. The number of amides is 1. The number of hydrogen-bond acceptors (Lipinski definition) is 5. The number of rotatable bonds is 4. The van der Waals surface area contributed by atoms with E-state index in [1.807, 2.05) is 29.8 Å². The van der Waals surface area contributed by atoms with E-state index in [9.17, 15) is 4.79 Å². The fourth-order valence-corrected chi connectivity index (χ4v) is 4.23. The number of aromatic nitrogens is 3. The third-order valence-corrected chi connectivity index (χ3v) is 5.68. The maximum Gasteiger partial charge on any atom is 0.258 e. The lowest BCUT2D eigenvalue weighted by molar-refractivity contribution is 0.102. The first-order chi connectivity index (χ1) is 12.6. The smallest absolute Gasteiger partial charge is 0.258 e. The zero-order chi connectivity index (χ0) is 18.1. The summed E-state index contributed by atoms with van der Waals surface area (Å²) in [5.41, 5.74) is 2.10. The Labute approximate surface area is 162 Å². The van der Waals surface area contributed by atoms with E-state index in [2.05, 4.69) is 15.4 Å². The highest BCUT2D eigenvalue weighted by molar-refractivity contribution is 7.15. The van der Waals surface area contributed by atoms with Crippen molar-refractivity contribution in [1.29, 1.82) is 0 Å². The van der Waals surface area contributed by atoms with E-state index in [0.29, 0.717) is 21.5 Å². The van der Waals surface area contributed by atoms with Crippen LogP contribution in [0.4, 0.5) is 5.82 Å². The molecule has 0 saturated carbocycles. The van der Waals surface area contributed by atoms with Gasteiger partial charge in [0, 0.05) is 11.4 Å². The predicted molar refractivity (Wildman–Crippen MR) is 107 cm³/mol. The molecule has 5 nitrogen and oxygen atoms in total. The van der Waals surface area contributed by atoms with Gasteiger partial charge >= 0.3 is 0 Å². The van der Waals surface area contributed by atoms with Crippen LogP contribution in [0.25, 0.3) is 15.7 Å². The predicted octanol–water partition coefficient (Wildman–Crippen LogP) is 5.27. The minimum Gasteiger partial charge on any atom is -0.306 e. The average molecular weight is 401 g/mol. The van der Waals surface area contributed by atoms with Crippen LogP contribution in [0.2, 0.25) is 5.02 Å². The van der Waals surface area contributed by atoms with Crippen LogP contribution in [-0.2, 0) is 0 Å². The molecule has 0 spiro atoms. The Morgan fingerprint density at radius 1 is 1.19 bits per heavy atom. The Balaban J connectivity index is 1.65. The standard InChI is InChI=1S/C18H13ClN4OS2/c1-11-9-16(21-17(24)12-5-2-3-6-13(12)19)23(22-11)18-20-14(10-26-18)15-7-4-8-25-15/h2-10H,1H3,(H,21,24). The minimum absolute atomic E-state index is 0.285. The number of thiophene rings is 1. The second-order valence-corrected chi connectivity index (χ2v) is 7.70. The molecule has 0 atom stereocenters. The Kier molecular flexibility index (Phi) is 4.58. The third kappa shape index (κ3) is 3.29. The highest BCUT2D eigenvalue weighted by atomic mass is 35.5. The molecular formula is C18H13ClN4OS2. The molecule has 0 radical (unpaired) electrons. The number of nitrogens with one attached hydrogen (secondary N) is 1. The first-order valence-electron chi connectivity index (χ1n) is 7.74. The van der Waals surface area contributed by atoms with Crippen LogP contribution in [0.3, 0.4) is 0 Å². The van der Waals surface area contributed by atoms with Crippen molar-refractivity contribution in [3.8, 4) is 15.7 Å². The Bertz CT molecular complexity index is 1070. The van der Waals surface area contributed by atoms with Gasteiger partial charge in [0.1, 0.15) is 5.82 Å². The number of thiazole rings is 1. The molecule has 0 aliphatic rings. The van der Waals surface area contributed by atoms with Crippen LogP contribution in [-0.4, -0.2) is 20.7 Å². The fourth-order valence-electron chi connectivity index (χ4n) is 2.46. The fraction of sp³-hybridized carbons (Fsp3) is 0.0556. The molecule has 0 bridgehead atoms. The normalized spacial score (nSPS) is 10.8. The molecule has 1 N–H and O–H groups in total. The van der Waals surface area contributed by atoms with Crippen molar-refractivity contribution in [3.63, 3.8) is 0 Å². The van der Waals surface area contributed by atoms with E-state index in [0.717, 1.165) is 16.3 Å². The van der Waals surface area contributed by atoms with Crippen LogP contribution in [0.5, 0.6) is 0 Å². The van der Waals surface area contributed by atoms with Crippen molar-refractivity contribution in [1.82, 2.24) is 14.8 Å². The van der Waals surface area contributed by atoms with Gasteiger partial charge < -0.3 is 5.32 Å². The quantitative estimate of drug-likeness (QED) is 0.507. The summed E-state index contributed by atoms with van der Waals surface area (Å²) in [5, 5.41) is 12.4. The maximum absolute atomic E-state index is 12.6. The zero-order valence-electron chi connectivity index (χ0n) is 13.6. The van der Waals surface area contributed by atoms with E-state index in [1.165, 1.54) is 11.3 Å². The van der Waals surface area contributed by atoms with Gasteiger partial charge in [-0.3, -0.25) is 4.79 Å². The van der Waals surface area contributed by atoms with E-state index in [-0.39, 0.29) is 5.91 Å². The molecular weight excluding hydrogens is 388 g/mol. The molecule has 26 heavy (non-hydrogen) atoms. The van der Waals surface area contributed by atoms with Gasteiger partial charge in [-0.1, -0.05) is 29.8 Å². The summed E-state index contributed by atoms with van der Waals surface area (Å²) in [4.78, 5) is 18.3. The van der Waals surface area contributed by atoms with Gasteiger partial charge in [0.25, 0.3) is 5.91 Å². The average Bonchev–Trinajstić information content (AvgIpc) is 3.35. The first kappa shape index (κ1) is 17.0. The molecule has 3 heterocycles. The molecule has 4 aromatic rings. The van der Waals surface area contributed by atoms with Crippen molar-refractivity contribution in [2.45, 2.75) is 6.92 Å². The largest absolute Gasteiger partial charge is 0.306 e. The van der Waals surface area contributed by atoms with Gasteiger partial charge in [-0.2, -0.15) is 9.78 Å². The Hall–Kier alpha value is -2.48.